The zero-order valence-electron chi connectivity index (χ0n) is 16.0. The van der Waals surface area contributed by atoms with Crippen molar-refractivity contribution in [2.75, 3.05) is 5.73 Å². The van der Waals surface area contributed by atoms with Crippen LogP contribution in [0.25, 0.3) is 16.9 Å². The van der Waals surface area contributed by atoms with Gasteiger partial charge in [-0.15, -0.1) is 0 Å². The number of hydrogen-bond acceptors (Lipinski definition) is 4. The lowest BCUT2D eigenvalue weighted by Crippen LogP contribution is -2.22. The van der Waals surface area contributed by atoms with E-state index in [1.807, 2.05) is 55.5 Å². The number of amides is 1. The summed E-state index contributed by atoms with van der Waals surface area (Å²) in [4.78, 5) is 16.4. The van der Waals surface area contributed by atoms with Crippen molar-refractivity contribution >= 4 is 11.7 Å². The smallest absolute Gasteiger partial charge is 0.251 e. The molecule has 0 bridgehead atoms. The van der Waals surface area contributed by atoms with Crippen molar-refractivity contribution < 1.29 is 4.79 Å². The predicted molar refractivity (Wildman–Crippen MR) is 114 cm³/mol. The molecule has 29 heavy (non-hydrogen) atoms. The van der Waals surface area contributed by atoms with Crippen LogP contribution >= 0.6 is 0 Å². The normalized spacial score (nSPS) is 10.7. The fourth-order valence-corrected chi connectivity index (χ4v) is 3.09. The molecule has 6 nitrogen and oxygen atoms in total. The standard InChI is InChI=1S/C23H21N5O/c1-16-4-2-6-19(12-16)21-13-22(24)28(27-21)20-9-7-18(8-10-20)23(29)26-15-17-5-3-11-25-14-17/h2-14H,15,24H2,1H3,(H,26,29). The first-order valence-electron chi connectivity index (χ1n) is 9.30. The minimum absolute atomic E-state index is 0.144. The molecule has 0 radical (unpaired) electrons. The van der Waals surface area contributed by atoms with Gasteiger partial charge in [-0.05, 0) is 48.9 Å². The molecule has 0 unspecified atom stereocenters. The fraction of sp³-hybridized carbons (Fsp3) is 0.0870. The molecule has 2 heterocycles. The summed E-state index contributed by atoms with van der Waals surface area (Å²) in [6, 6.07) is 20.9. The first-order chi connectivity index (χ1) is 14.1. The van der Waals surface area contributed by atoms with E-state index in [4.69, 9.17) is 5.73 Å². The maximum Gasteiger partial charge on any atom is 0.251 e. The summed E-state index contributed by atoms with van der Waals surface area (Å²) in [6.45, 7) is 2.47. The molecule has 0 fully saturated rings. The molecule has 0 saturated heterocycles. The van der Waals surface area contributed by atoms with Gasteiger partial charge >= 0.3 is 0 Å². The minimum Gasteiger partial charge on any atom is -0.384 e. The maximum atomic E-state index is 12.4. The van der Waals surface area contributed by atoms with Gasteiger partial charge in [0.1, 0.15) is 5.82 Å². The Hall–Kier alpha value is -3.93. The lowest BCUT2D eigenvalue weighted by atomic mass is 10.1. The first kappa shape index (κ1) is 18.4. The number of hydrogen-bond donors (Lipinski definition) is 2. The molecule has 6 heteroatoms. The average Bonchev–Trinajstić information content (AvgIpc) is 3.14. The summed E-state index contributed by atoms with van der Waals surface area (Å²) in [7, 11) is 0. The molecule has 2 aromatic heterocycles. The second-order valence-corrected chi connectivity index (χ2v) is 6.83. The van der Waals surface area contributed by atoms with E-state index in [1.165, 1.54) is 0 Å². The number of carbonyl (C=O) groups excluding carboxylic acids is 1. The van der Waals surface area contributed by atoms with Crippen LogP contribution in [0.3, 0.4) is 0 Å². The average molecular weight is 383 g/mol. The van der Waals surface area contributed by atoms with E-state index < -0.39 is 0 Å². The molecule has 144 valence electrons. The van der Waals surface area contributed by atoms with Gasteiger partial charge in [0.25, 0.3) is 5.91 Å². The number of rotatable bonds is 5. The predicted octanol–water partition coefficient (Wildman–Crippen LogP) is 3.75. The Kier molecular flexibility index (Phi) is 5.07. The van der Waals surface area contributed by atoms with E-state index in [9.17, 15) is 4.79 Å². The monoisotopic (exact) mass is 383 g/mol. The highest BCUT2D eigenvalue weighted by molar-refractivity contribution is 5.94. The van der Waals surface area contributed by atoms with Gasteiger partial charge in [-0.3, -0.25) is 9.78 Å². The third-order valence-electron chi connectivity index (χ3n) is 4.60. The highest BCUT2D eigenvalue weighted by atomic mass is 16.1. The Morgan fingerprint density at radius 1 is 1.07 bits per heavy atom. The molecule has 3 N–H and O–H groups in total. The van der Waals surface area contributed by atoms with Crippen LogP contribution in [-0.4, -0.2) is 20.7 Å². The van der Waals surface area contributed by atoms with Crippen LogP contribution in [0, 0.1) is 6.92 Å². The number of carbonyl (C=O) groups is 1. The van der Waals surface area contributed by atoms with Gasteiger partial charge in [0.05, 0.1) is 11.4 Å². The van der Waals surface area contributed by atoms with Crippen LogP contribution in [0.5, 0.6) is 0 Å². The maximum absolute atomic E-state index is 12.4. The van der Waals surface area contributed by atoms with Crippen molar-refractivity contribution in [1.29, 1.82) is 0 Å². The summed E-state index contributed by atoms with van der Waals surface area (Å²) in [6.07, 6.45) is 3.44. The molecule has 0 aliphatic heterocycles. The van der Waals surface area contributed by atoms with E-state index in [0.29, 0.717) is 17.9 Å². The molecule has 2 aromatic carbocycles. The number of nitrogens with one attached hydrogen (secondary N) is 1. The van der Waals surface area contributed by atoms with E-state index in [2.05, 4.69) is 21.5 Å². The molecule has 0 aliphatic rings. The Bertz CT molecular complexity index is 1130. The lowest BCUT2D eigenvalue weighted by Gasteiger charge is -2.07. The summed E-state index contributed by atoms with van der Waals surface area (Å²) in [5.41, 5.74) is 11.5. The van der Waals surface area contributed by atoms with Crippen LogP contribution in [0.15, 0.2) is 79.1 Å². The number of pyridine rings is 1. The topological polar surface area (TPSA) is 85.8 Å². The second-order valence-electron chi connectivity index (χ2n) is 6.83. The molecule has 0 aliphatic carbocycles. The van der Waals surface area contributed by atoms with Gasteiger partial charge in [-0.2, -0.15) is 5.10 Å². The number of nitrogen functional groups attached to an aromatic ring is 1. The number of aromatic nitrogens is 3. The van der Waals surface area contributed by atoms with Gasteiger partial charge in [0, 0.05) is 36.1 Å². The lowest BCUT2D eigenvalue weighted by molar-refractivity contribution is 0.0951. The Morgan fingerprint density at radius 2 is 1.90 bits per heavy atom. The molecule has 0 atom stereocenters. The first-order valence-corrected chi connectivity index (χ1v) is 9.30. The molecular weight excluding hydrogens is 362 g/mol. The highest BCUT2D eigenvalue weighted by Gasteiger charge is 2.11. The summed E-state index contributed by atoms with van der Waals surface area (Å²) < 4.78 is 1.68. The fourth-order valence-electron chi connectivity index (χ4n) is 3.09. The second kappa shape index (κ2) is 7.98. The summed E-state index contributed by atoms with van der Waals surface area (Å²) in [5.74, 6) is 0.393. The SMILES string of the molecule is Cc1cccc(-c2cc(N)n(-c3ccc(C(=O)NCc4cccnc4)cc3)n2)c1. The van der Waals surface area contributed by atoms with Gasteiger partial charge in [-0.25, -0.2) is 4.68 Å². The number of benzene rings is 2. The van der Waals surface area contributed by atoms with Crippen LogP contribution in [-0.2, 0) is 6.54 Å². The van der Waals surface area contributed by atoms with E-state index in [1.54, 1.807) is 29.2 Å². The summed E-state index contributed by atoms with van der Waals surface area (Å²) >= 11 is 0. The van der Waals surface area contributed by atoms with Gasteiger partial charge < -0.3 is 11.1 Å². The largest absolute Gasteiger partial charge is 0.384 e. The van der Waals surface area contributed by atoms with Crippen molar-refractivity contribution in [2.24, 2.45) is 0 Å². The van der Waals surface area contributed by atoms with Crippen molar-refractivity contribution in [3.63, 3.8) is 0 Å². The summed E-state index contributed by atoms with van der Waals surface area (Å²) in [5, 5.41) is 7.52. The third-order valence-corrected chi connectivity index (χ3v) is 4.60. The molecule has 4 aromatic rings. The molecule has 0 spiro atoms. The van der Waals surface area contributed by atoms with Crippen LogP contribution in [0.1, 0.15) is 21.5 Å². The van der Waals surface area contributed by atoms with Crippen molar-refractivity contribution in [2.45, 2.75) is 13.5 Å². The van der Waals surface area contributed by atoms with E-state index in [-0.39, 0.29) is 5.91 Å². The molecule has 0 saturated carbocycles. The van der Waals surface area contributed by atoms with Crippen LogP contribution < -0.4 is 11.1 Å². The van der Waals surface area contributed by atoms with E-state index >= 15 is 0 Å². The Labute approximate surface area is 169 Å². The highest BCUT2D eigenvalue weighted by Crippen LogP contribution is 2.24. The Balaban J connectivity index is 1.50. The van der Waals surface area contributed by atoms with Crippen molar-refractivity contribution in [1.82, 2.24) is 20.1 Å². The minimum atomic E-state index is -0.144. The third kappa shape index (κ3) is 4.16. The zero-order chi connectivity index (χ0) is 20.2. The molecule has 4 rings (SSSR count). The van der Waals surface area contributed by atoms with E-state index in [0.717, 1.165) is 28.1 Å². The van der Waals surface area contributed by atoms with Crippen molar-refractivity contribution in [3.8, 4) is 16.9 Å². The van der Waals surface area contributed by atoms with Crippen LogP contribution in [0.2, 0.25) is 0 Å². The number of nitrogens with zero attached hydrogens (tertiary/aromatic N) is 3. The molecule has 1 amide bonds. The quantitative estimate of drug-likeness (QED) is 0.549. The van der Waals surface area contributed by atoms with Gasteiger partial charge in [0.15, 0.2) is 0 Å². The number of aryl methyl sites for hydroxylation is 1. The molecular formula is C23H21N5O. The number of nitrogens with two attached hydrogens (primary N) is 1. The van der Waals surface area contributed by atoms with Crippen LogP contribution in [0.4, 0.5) is 5.82 Å². The van der Waals surface area contributed by atoms with Crippen molar-refractivity contribution in [3.05, 3.63) is 95.8 Å². The Morgan fingerprint density at radius 3 is 2.62 bits per heavy atom. The number of anilines is 1. The zero-order valence-corrected chi connectivity index (χ0v) is 16.0. The van der Waals surface area contributed by atoms with Gasteiger partial charge in [0.2, 0.25) is 0 Å². The van der Waals surface area contributed by atoms with Gasteiger partial charge in [-0.1, -0.05) is 29.8 Å².